The highest BCUT2D eigenvalue weighted by Crippen LogP contribution is 2.32. The molecule has 0 atom stereocenters. The van der Waals surface area contributed by atoms with Gasteiger partial charge in [0.25, 0.3) is 5.91 Å². The van der Waals surface area contributed by atoms with Crippen LogP contribution in [0.1, 0.15) is 22.2 Å². The molecule has 1 saturated heterocycles. The fraction of sp³-hybridized carbons (Fsp3) is 0.211. The molecule has 3 aromatic rings. The minimum absolute atomic E-state index is 0.0517. The fourth-order valence-corrected chi connectivity index (χ4v) is 3.22. The second-order valence-corrected chi connectivity index (χ2v) is 6.59. The number of halogens is 2. The number of amides is 1. The third-order valence-electron chi connectivity index (χ3n) is 4.47. The lowest BCUT2D eigenvalue weighted by Crippen LogP contribution is -2.48. The Morgan fingerprint density at radius 3 is 2.81 bits per heavy atom. The molecule has 2 aromatic carbocycles. The first-order valence-corrected chi connectivity index (χ1v) is 8.66. The third kappa shape index (κ3) is 3.26. The molecule has 2 heterocycles. The third-order valence-corrected chi connectivity index (χ3v) is 4.78. The molecule has 8 heteroatoms. The van der Waals surface area contributed by atoms with E-state index < -0.39 is 5.82 Å². The molecule has 0 N–H and O–H groups in total. The zero-order chi connectivity index (χ0) is 19.0. The lowest BCUT2D eigenvalue weighted by atomic mass is 9.98. The highest BCUT2D eigenvalue weighted by atomic mass is 35.5. The average Bonchev–Trinajstić information content (AvgIpc) is 3.09. The van der Waals surface area contributed by atoms with Crippen LogP contribution in [0.15, 0.2) is 47.0 Å². The molecule has 0 bridgehead atoms. The molecule has 1 fully saturated rings. The van der Waals surface area contributed by atoms with E-state index in [-0.39, 0.29) is 22.4 Å². The maximum atomic E-state index is 13.1. The van der Waals surface area contributed by atoms with Gasteiger partial charge in [-0.1, -0.05) is 28.9 Å². The highest BCUT2D eigenvalue weighted by molar-refractivity contribution is 6.33. The van der Waals surface area contributed by atoms with Crippen molar-refractivity contribution < 1.29 is 18.4 Å². The van der Waals surface area contributed by atoms with Gasteiger partial charge in [0, 0.05) is 13.1 Å². The van der Waals surface area contributed by atoms with E-state index in [1.54, 1.807) is 12.0 Å². The Morgan fingerprint density at radius 1 is 1.30 bits per heavy atom. The minimum atomic E-state index is -0.479. The number of likely N-dealkylation sites (tertiary alicyclic amines) is 1. The summed E-state index contributed by atoms with van der Waals surface area (Å²) >= 11 is 5.96. The van der Waals surface area contributed by atoms with E-state index in [9.17, 15) is 9.18 Å². The number of hydrogen-bond acceptors (Lipinski definition) is 5. The van der Waals surface area contributed by atoms with Gasteiger partial charge < -0.3 is 14.2 Å². The summed E-state index contributed by atoms with van der Waals surface area (Å²) in [5, 5.41) is 4.11. The number of hydrogen-bond donors (Lipinski definition) is 0. The molecule has 0 unspecified atom stereocenters. The topological polar surface area (TPSA) is 68.5 Å². The smallest absolute Gasteiger partial charge is 0.255 e. The summed E-state index contributed by atoms with van der Waals surface area (Å²) in [7, 11) is 1.58. The number of nitrogens with zero attached hydrogens (tertiary/aromatic N) is 3. The number of aromatic nitrogens is 2. The first-order valence-electron chi connectivity index (χ1n) is 8.28. The number of rotatable bonds is 4. The highest BCUT2D eigenvalue weighted by Gasteiger charge is 2.36. The van der Waals surface area contributed by atoms with Crippen molar-refractivity contribution in [2.45, 2.75) is 5.92 Å². The van der Waals surface area contributed by atoms with Crippen LogP contribution in [0.2, 0.25) is 5.02 Å². The lowest BCUT2D eigenvalue weighted by Gasteiger charge is -2.37. The van der Waals surface area contributed by atoms with Crippen LogP contribution in [0.3, 0.4) is 0 Å². The minimum Gasteiger partial charge on any atom is -0.496 e. The fourth-order valence-electron chi connectivity index (χ4n) is 2.97. The molecule has 0 aliphatic carbocycles. The Balaban J connectivity index is 1.46. The average molecular weight is 388 g/mol. The summed E-state index contributed by atoms with van der Waals surface area (Å²) < 4.78 is 23.8. The van der Waals surface area contributed by atoms with Crippen LogP contribution in [0.25, 0.3) is 11.4 Å². The van der Waals surface area contributed by atoms with Gasteiger partial charge >= 0.3 is 0 Å². The number of methoxy groups -OCH3 is 1. The Hall–Kier alpha value is -2.93. The summed E-state index contributed by atoms with van der Waals surface area (Å²) in [6.45, 7) is 0.861. The van der Waals surface area contributed by atoms with Crippen molar-refractivity contribution in [3.05, 3.63) is 64.8 Å². The summed E-state index contributed by atoms with van der Waals surface area (Å²) in [4.78, 5) is 18.5. The Labute approximate surface area is 159 Å². The van der Waals surface area contributed by atoms with Gasteiger partial charge in [0.05, 0.1) is 29.2 Å². The summed E-state index contributed by atoms with van der Waals surface area (Å²) in [6, 6.07) is 11.1. The van der Waals surface area contributed by atoms with Crippen molar-refractivity contribution in [3.63, 3.8) is 0 Å². The first-order chi connectivity index (χ1) is 13.1. The van der Waals surface area contributed by atoms with E-state index in [1.807, 2.05) is 24.3 Å². The quantitative estimate of drug-likeness (QED) is 0.681. The van der Waals surface area contributed by atoms with Gasteiger partial charge in [-0.05, 0) is 30.3 Å². The molecule has 1 amide bonds. The monoisotopic (exact) mass is 387 g/mol. The van der Waals surface area contributed by atoms with Crippen molar-refractivity contribution in [2.75, 3.05) is 20.2 Å². The molecule has 4 rings (SSSR count). The Bertz CT molecular complexity index is 1000. The predicted molar refractivity (Wildman–Crippen MR) is 96.3 cm³/mol. The summed E-state index contributed by atoms with van der Waals surface area (Å²) in [5.74, 6) is 0.776. The van der Waals surface area contributed by atoms with Gasteiger partial charge in [-0.2, -0.15) is 4.98 Å². The number of carbonyl (C=O) groups excluding carboxylic acids is 1. The number of ether oxygens (including phenoxy) is 1. The number of benzene rings is 2. The molecule has 27 heavy (non-hydrogen) atoms. The summed E-state index contributed by atoms with van der Waals surface area (Å²) in [5.41, 5.74) is 1.01. The predicted octanol–water partition coefficient (Wildman–Crippen LogP) is 3.78. The largest absolute Gasteiger partial charge is 0.496 e. The van der Waals surface area contributed by atoms with Gasteiger partial charge in [0.15, 0.2) is 0 Å². The molecule has 1 aliphatic heterocycles. The van der Waals surface area contributed by atoms with Crippen LogP contribution in [-0.4, -0.2) is 41.1 Å². The summed E-state index contributed by atoms with van der Waals surface area (Å²) in [6.07, 6.45) is 0. The van der Waals surface area contributed by atoms with Crippen molar-refractivity contribution in [3.8, 4) is 17.1 Å². The molecular weight excluding hydrogens is 373 g/mol. The molecule has 1 aromatic heterocycles. The van der Waals surface area contributed by atoms with Crippen molar-refractivity contribution in [1.82, 2.24) is 15.0 Å². The molecule has 6 nitrogen and oxygen atoms in total. The van der Waals surface area contributed by atoms with Crippen LogP contribution < -0.4 is 4.74 Å². The molecule has 0 radical (unpaired) electrons. The standard InChI is InChI=1S/C19H15ClFN3O3/c1-26-16-5-3-2-4-14(16)17-22-18(27-23-17)11-9-24(10-11)19(25)13-7-6-12(21)8-15(13)20/h2-8,11H,9-10H2,1H3. The SMILES string of the molecule is COc1ccccc1-c1noc(C2CN(C(=O)c3ccc(F)cc3Cl)C2)n1. The van der Waals surface area contributed by atoms with Crippen LogP contribution >= 0.6 is 11.6 Å². The Morgan fingerprint density at radius 2 is 2.07 bits per heavy atom. The van der Waals surface area contributed by atoms with E-state index in [1.165, 1.54) is 12.1 Å². The molecule has 1 aliphatic rings. The lowest BCUT2D eigenvalue weighted by molar-refractivity contribution is 0.0569. The molecule has 138 valence electrons. The van der Waals surface area contributed by atoms with Gasteiger partial charge in [-0.15, -0.1) is 0 Å². The second-order valence-electron chi connectivity index (χ2n) is 6.19. The van der Waals surface area contributed by atoms with Gasteiger partial charge in [-0.25, -0.2) is 4.39 Å². The normalized spacial score (nSPS) is 14.1. The molecule has 0 spiro atoms. The zero-order valence-electron chi connectivity index (χ0n) is 14.4. The maximum Gasteiger partial charge on any atom is 0.255 e. The van der Waals surface area contributed by atoms with Crippen molar-refractivity contribution in [2.24, 2.45) is 0 Å². The first kappa shape index (κ1) is 17.5. The van der Waals surface area contributed by atoms with Gasteiger partial charge in [-0.3, -0.25) is 4.79 Å². The van der Waals surface area contributed by atoms with Crippen LogP contribution in [0.5, 0.6) is 5.75 Å². The van der Waals surface area contributed by atoms with Gasteiger partial charge in [0.1, 0.15) is 11.6 Å². The second kappa shape index (κ2) is 7.00. The van der Waals surface area contributed by atoms with Crippen LogP contribution in [-0.2, 0) is 0 Å². The maximum absolute atomic E-state index is 13.1. The van der Waals surface area contributed by atoms with Gasteiger partial charge in [0.2, 0.25) is 11.7 Å². The Kier molecular flexibility index (Phi) is 4.53. The molecule has 0 saturated carbocycles. The van der Waals surface area contributed by atoms with E-state index in [2.05, 4.69) is 10.1 Å². The van der Waals surface area contributed by atoms with E-state index in [4.69, 9.17) is 20.9 Å². The van der Waals surface area contributed by atoms with E-state index in [0.29, 0.717) is 30.6 Å². The zero-order valence-corrected chi connectivity index (χ0v) is 15.1. The van der Waals surface area contributed by atoms with E-state index >= 15 is 0 Å². The van der Waals surface area contributed by atoms with Crippen molar-refractivity contribution in [1.29, 1.82) is 0 Å². The number of para-hydroxylation sites is 1. The number of carbonyl (C=O) groups is 1. The van der Waals surface area contributed by atoms with Crippen LogP contribution in [0.4, 0.5) is 4.39 Å². The van der Waals surface area contributed by atoms with Crippen LogP contribution in [0, 0.1) is 5.82 Å². The van der Waals surface area contributed by atoms with Crippen molar-refractivity contribution >= 4 is 17.5 Å². The molecular formula is C19H15ClFN3O3. The van der Waals surface area contributed by atoms with E-state index in [0.717, 1.165) is 11.6 Å².